The smallest absolute Gasteiger partial charge is 0.115 e. The predicted molar refractivity (Wildman–Crippen MR) is 72.2 cm³/mol. The molecule has 2 rings (SSSR count). The SMILES string of the molecule is Cc1ccc(Br)cc1C(NN)C1=CCCCO1. The van der Waals surface area contributed by atoms with Crippen molar-refractivity contribution in [2.45, 2.75) is 25.8 Å². The lowest BCUT2D eigenvalue weighted by molar-refractivity contribution is 0.167. The Morgan fingerprint density at radius 3 is 2.94 bits per heavy atom. The number of benzene rings is 1. The third kappa shape index (κ3) is 2.89. The van der Waals surface area contributed by atoms with Crippen LogP contribution in [-0.4, -0.2) is 6.61 Å². The first-order valence-electron chi connectivity index (χ1n) is 5.77. The van der Waals surface area contributed by atoms with Crippen LogP contribution in [0.5, 0.6) is 0 Å². The first-order chi connectivity index (χ1) is 8.22. The Kier molecular flexibility index (Phi) is 4.20. The van der Waals surface area contributed by atoms with Crippen molar-refractivity contribution in [3.63, 3.8) is 0 Å². The van der Waals surface area contributed by atoms with Crippen molar-refractivity contribution >= 4 is 15.9 Å². The van der Waals surface area contributed by atoms with Crippen LogP contribution in [0, 0.1) is 6.92 Å². The minimum Gasteiger partial charge on any atom is -0.496 e. The number of nitrogens with two attached hydrogens (primary N) is 1. The van der Waals surface area contributed by atoms with Crippen LogP contribution in [0.25, 0.3) is 0 Å². The molecule has 4 heteroatoms. The van der Waals surface area contributed by atoms with E-state index in [0.717, 1.165) is 35.2 Å². The molecule has 1 heterocycles. The summed E-state index contributed by atoms with van der Waals surface area (Å²) in [5.41, 5.74) is 5.19. The molecule has 3 nitrogen and oxygen atoms in total. The van der Waals surface area contributed by atoms with Gasteiger partial charge in [0.15, 0.2) is 0 Å². The molecule has 0 spiro atoms. The predicted octanol–water partition coefficient (Wildman–Crippen LogP) is 2.96. The molecular weight excluding hydrogens is 280 g/mol. The van der Waals surface area contributed by atoms with Crippen LogP contribution < -0.4 is 11.3 Å². The maximum absolute atomic E-state index is 5.68. The highest BCUT2D eigenvalue weighted by atomic mass is 79.9. The van der Waals surface area contributed by atoms with Gasteiger partial charge >= 0.3 is 0 Å². The molecule has 0 radical (unpaired) electrons. The molecule has 1 aromatic rings. The molecule has 0 fully saturated rings. The topological polar surface area (TPSA) is 47.3 Å². The van der Waals surface area contributed by atoms with E-state index >= 15 is 0 Å². The maximum atomic E-state index is 5.68. The van der Waals surface area contributed by atoms with Crippen LogP contribution in [0.3, 0.4) is 0 Å². The minimum atomic E-state index is -0.0622. The van der Waals surface area contributed by atoms with Gasteiger partial charge in [0.05, 0.1) is 6.61 Å². The van der Waals surface area contributed by atoms with Gasteiger partial charge in [-0.1, -0.05) is 22.0 Å². The average Bonchev–Trinajstić information content (AvgIpc) is 2.36. The number of nitrogens with one attached hydrogen (secondary N) is 1. The van der Waals surface area contributed by atoms with Crippen LogP contribution in [0.4, 0.5) is 0 Å². The molecule has 92 valence electrons. The van der Waals surface area contributed by atoms with Crippen LogP contribution in [0.15, 0.2) is 34.5 Å². The molecule has 1 aliphatic rings. The number of rotatable bonds is 3. The molecule has 0 amide bonds. The van der Waals surface area contributed by atoms with E-state index < -0.39 is 0 Å². The molecule has 1 unspecified atom stereocenters. The van der Waals surface area contributed by atoms with Gasteiger partial charge in [-0.05, 0) is 49.1 Å². The molecule has 17 heavy (non-hydrogen) atoms. The Hall–Kier alpha value is -0.840. The number of aryl methyl sites for hydroxylation is 1. The molecule has 0 aromatic heterocycles. The number of hydrogen-bond donors (Lipinski definition) is 2. The summed E-state index contributed by atoms with van der Waals surface area (Å²) in [7, 11) is 0. The van der Waals surface area contributed by atoms with E-state index in [2.05, 4.69) is 46.5 Å². The first kappa shape index (κ1) is 12.6. The highest BCUT2D eigenvalue weighted by Crippen LogP contribution is 2.29. The number of halogens is 1. The lowest BCUT2D eigenvalue weighted by Gasteiger charge is -2.24. The Labute approximate surface area is 110 Å². The monoisotopic (exact) mass is 296 g/mol. The summed E-state index contributed by atoms with van der Waals surface area (Å²) in [6.45, 7) is 2.85. The second-order valence-electron chi connectivity index (χ2n) is 4.20. The van der Waals surface area contributed by atoms with E-state index in [9.17, 15) is 0 Å². The Morgan fingerprint density at radius 1 is 1.47 bits per heavy atom. The fourth-order valence-electron chi connectivity index (χ4n) is 2.03. The average molecular weight is 297 g/mol. The van der Waals surface area contributed by atoms with Gasteiger partial charge in [-0.3, -0.25) is 5.84 Å². The summed E-state index contributed by atoms with van der Waals surface area (Å²) in [6, 6.07) is 6.13. The van der Waals surface area contributed by atoms with Crippen molar-refractivity contribution < 1.29 is 4.74 Å². The third-order valence-electron chi connectivity index (χ3n) is 2.97. The highest BCUT2D eigenvalue weighted by Gasteiger charge is 2.20. The minimum absolute atomic E-state index is 0.0622. The summed E-state index contributed by atoms with van der Waals surface area (Å²) >= 11 is 3.49. The van der Waals surface area contributed by atoms with Crippen molar-refractivity contribution in [1.82, 2.24) is 5.43 Å². The summed E-state index contributed by atoms with van der Waals surface area (Å²) in [5, 5.41) is 0. The second kappa shape index (κ2) is 5.67. The summed E-state index contributed by atoms with van der Waals surface area (Å²) in [6.07, 6.45) is 4.26. The summed E-state index contributed by atoms with van der Waals surface area (Å²) in [4.78, 5) is 0. The molecule has 0 bridgehead atoms. The fourth-order valence-corrected chi connectivity index (χ4v) is 2.40. The molecule has 1 aromatic carbocycles. The van der Waals surface area contributed by atoms with Crippen molar-refractivity contribution in [3.8, 4) is 0 Å². The second-order valence-corrected chi connectivity index (χ2v) is 5.11. The zero-order valence-electron chi connectivity index (χ0n) is 9.87. The van der Waals surface area contributed by atoms with Gasteiger partial charge in [0.25, 0.3) is 0 Å². The lowest BCUT2D eigenvalue weighted by Crippen LogP contribution is -2.31. The number of hydrazine groups is 1. The molecule has 0 aliphatic carbocycles. The van der Waals surface area contributed by atoms with Gasteiger partial charge in [-0.15, -0.1) is 0 Å². The Morgan fingerprint density at radius 2 is 2.29 bits per heavy atom. The molecule has 1 aliphatic heterocycles. The van der Waals surface area contributed by atoms with Gasteiger partial charge in [0.2, 0.25) is 0 Å². The molecule has 0 saturated carbocycles. The van der Waals surface area contributed by atoms with E-state index in [1.807, 2.05) is 6.07 Å². The Bertz CT molecular complexity index is 431. The van der Waals surface area contributed by atoms with Crippen molar-refractivity contribution in [3.05, 3.63) is 45.6 Å². The quantitative estimate of drug-likeness (QED) is 0.666. The number of ether oxygens (including phenoxy) is 1. The van der Waals surface area contributed by atoms with Gasteiger partial charge in [0, 0.05) is 4.47 Å². The van der Waals surface area contributed by atoms with Gasteiger partial charge in [-0.25, -0.2) is 5.43 Å². The van der Waals surface area contributed by atoms with E-state index in [1.54, 1.807) is 0 Å². The highest BCUT2D eigenvalue weighted by molar-refractivity contribution is 9.10. The zero-order chi connectivity index (χ0) is 12.3. The fraction of sp³-hybridized carbons (Fsp3) is 0.385. The van der Waals surface area contributed by atoms with E-state index in [4.69, 9.17) is 10.6 Å². The van der Waals surface area contributed by atoms with E-state index in [-0.39, 0.29) is 6.04 Å². The van der Waals surface area contributed by atoms with Crippen LogP contribution in [0.2, 0.25) is 0 Å². The molecule has 3 N–H and O–H groups in total. The van der Waals surface area contributed by atoms with Crippen LogP contribution in [0.1, 0.15) is 30.0 Å². The third-order valence-corrected chi connectivity index (χ3v) is 3.46. The number of hydrogen-bond acceptors (Lipinski definition) is 3. The number of allylic oxidation sites excluding steroid dienone is 1. The van der Waals surface area contributed by atoms with Gasteiger partial charge in [0.1, 0.15) is 11.8 Å². The van der Waals surface area contributed by atoms with E-state index in [1.165, 1.54) is 5.56 Å². The van der Waals surface area contributed by atoms with Crippen molar-refractivity contribution in [2.75, 3.05) is 6.61 Å². The van der Waals surface area contributed by atoms with Crippen molar-refractivity contribution in [2.24, 2.45) is 5.84 Å². The molecule has 0 saturated heterocycles. The largest absolute Gasteiger partial charge is 0.496 e. The van der Waals surface area contributed by atoms with Crippen LogP contribution in [-0.2, 0) is 4.74 Å². The normalized spacial score (nSPS) is 17.2. The standard InChI is InChI=1S/C13H17BrN2O/c1-9-5-6-10(14)8-11(9)13(16-15)12-4-2-3-7-17-12/h4-6,8,13,16H,2-3,7,15H2,1H3. The maximum Gasteiger partial charge on any atom is 0.115 e. The van der Waals surface area contributed by atoms with Gasteiger partial charge < -0.3 is 4.74 Å². The molecule has 1 atom stereocenters. The summed E-state index contributed by atoms with van der Waals surface area (Å²) in [5.74, 6) is 6.60. The molecular formula is C13H17BrN2O. The van der Waals surface area contributed by atoms with Crippen molar-refractivity contribution in [1.29, 1.82) is 0 Å². The lowest BCUT2D eigenvalue weighted by atomic mass is 9.99. The summed E-state index contributed by atoms with van der Waals surface area (Å²) < 4.78 is 6.73. The zero-order valence-corrected chi connectivity index (χ0v) is 11.5. The van der Waals surface area contributed by atoms with E-state index in [0.29, 0.717) is 0 Å². The first-order valence-corrected chi connectivity index (χ1v) is 6.56. The van der Waals surface area contributed by atoms with Gasteiger partial charge in [-0.2, -0.15) is 0 Å². The van der Waals surface area contributed by atoms with Crippen LogP contribution >= 0.6 is 15.9 Å². The Balaban J connectivity index is 2.34.